The summed E-state index contributed by atoms with van der Waals surface area (Å²) >= 11 is 0. The van der Waals surface area contributed by atoms with Gasteiger partial charge in [0.05, 0.1) is 5.76 Å². The van der Waals surface area contributed by atoms with Crippen LogP contribution in [0.15, 0.2) is 150 Å². The number of aromatic nitrogens is 1. The molecule has 0 atom stereocenters. The van der Waals surface area contributed by atoms with Crippen molar-refractivity contribution in [3.8, 4) is 11.3 Å². The number of fused-ring (bicyclic) bond motifs is 2. The van der Waals surface area contributed by atoms with Gasteiger partial charge in [-0.1, -0.05) is 169 Å². The van der Waals surface area contributed by atoms with Gasteiger partial charge in [-0.05, 0) is 65.2 Å². The van der Waals surface area contributed by atoms with Gasteiger partial charge in [0, 0.05) is 55.3 Å². The van der Waals surface area contributed by atoms with Crippen LogP contribution in [0.5, 0.6) is 0 Å². The maximum absolute atomic E-state index is 11.7. The first-order valence-corrected chi connectivity index (χ1v) is 22.9. The summed E-state index contributed by atoms with van der Waals surface area (Å²) in [5, 5.41) is 18.1. The molecule has 7 rings (SSSR count). The van der Waals surface area contributed by atoms with Crippen LogP contribution in [0, 0.1) is 24.8 Å². The zero-order chi connectivity index (χ0) is 41.5. The molecular weight excluding hydrogens is 919 g/mol. The average molecular weight is 977 g/mol. The van der Waals surface area contributed by atoms with Crippen molar-refractivity contribution in [2.24, 2.45) is 11.8 Å². The average Bonchev–Trinajstić information content (AvgIpc) is 3.58. The number of hydrogen-bond donors (Lipinski definition) is 1. The van der Waals surface area contributed by atoms with Crippen molar-refractivity contribution in [3.05, 3.63) is 163 Å². The summed E-state index contributed by atoms with van der Waals surface area (Å²) in [7, 11) is -2.84. The van der Waals surface area contributed by atoms with E-state index in [0.717, 1.165) is 58.7 Å². The Balaban J connectivity index is 0.000000355. The van der Waals surface area contributed by atoms with E-state index in [2.05, 4.69) is 161 Å². The van der Waals surface area contributed by atoms with Crippen LogP contribution in [0.25, 0.3) is 33.0 Å². The van der Waals surface area contributed by atoms with Crippen LogP contribution in [-0.4, -0.2) is 23.9 Å². The van der Waals surface area contributed by atoms with Gasteiger partial charge in [-0.25, -0.2) is 0 Å². The predicted octanol–water partition coefficient (Wildman–Crippen LogP) is 11.3. The van der Waals surface area contributed by atoms with Gasteiger partial charge in [0.2, 0.25) is 8.07 Å². The van der Waals surface area contributed by atoms with Crippen molar-refractivity contribution >= 4 is 56.5 Å². The Bertz CT molecular complexity index is 2380. The topological polar surface area (TPSA) is 63.3 Å². The molecule has 0 saturated carbocycles. The molecule has 4 nitrogen and oxygen atoms in total. The van der Waals surface area contributed by atoms with Gasteiger partial charge in [0.15, 0.2) is 5.78 Å². The first-order chi connectivity index (χ1) is 28.0. The van der Waals surface area contributed by atoms with Gasteiger partial charge < -0.3 is 9.52 Å². The van der Waals surface area contributed by atoms with Crippen LogP contribution >= 0.6 is 0 Å². The third kappa shape index (κ3) is 9.31. The number of ketones is 1. The summed E-state index contributed by atoms with van der Waals surface area (Å²) < 4.78 is 7.23. The fourth-order valence-corrected chi connectivity index (χ4v) is 13.2. The summed E-state index contributed by atoms with van der Waals surface area (Å²) in [6.45, 7) is 17.1. The van der Waals surface area contributed by atoms with Gasteiger partial charge >= 0.3 is 0 Å². The quantitative estimate of drug-likeness (QED) is 0.0436. The van der Waals surface area contributed by atoms with Gasteiger partial charge in [-0.2, -0.15) is 0 Å². The van der Waals surface area contributed by atoms with Crippen molar-refractivity contribution in [3.63, 3.8) is 0 Å². The zero-order valence-electron chi connectivity index (χ0n) is 35.8. The largest absolute Gasteiger partial charge is 0.512 e. The molecule has 2 aromatic heterocycles. The Morgan fingerprint density at radius 2 is 1.22 bits per heavy atom. The standard InChI is InChI=1S/C40H34NOSi.C13H24O2.Ir/c1-28-34-24-25-41-37(30-26-29-16-14-15-23-35(29)36(27-30)40(2,3)4)38(34)42-39(28)43(31-17-8-5-9-18-31,32-19-10-6-11-20-32)33-21-12-7-13-22-33;1-5-10(6-2)12(14)9-13(15)11(7-3)8-4;/h5-25,27H,1-4H3;9-11,14H,5-8H2,1-4H3;/q-1;;/b;12-9-;. The minimum absolute atomic E-state index is 0. The second-order valence-corrected chi connectivity index (χ2v) is 20.0. The van der Waals surface area contributed by atoms with Gasteiger partial charge in [-0.3, -0.25) is 9.78 Å². The summed E-state index contributed by atoms with van der Waals surface area (Å²) in [6.07, 6.45) is 6.82. The number of aryl methyl sites for hydroxylation is 1. The molecule has 0 spiro atoms. The van der Waals surface area contributed by atoms with E-state index in [-0.39, 0.29) is 48.9 Å². The Labute approximate surface area is 366 Å². The maximum atomic E-state index is 11.7. The Kier molecular flexibility index (Phi) is 15.3. The van der Waals surface area contributed by atoms with Gasteiger partial charge in [0.1, 0.15) is 11.0 Å². The number of nitrogens with zero attached hydrogens (tertiary/aromatic N) is 1. The molecule has 0 amide bonds. The van der Waals surface area contributed by atoms with Crippen LogP contribution in [0.3, 0.4) is 0 Å². The Hall–Kier alpha value is -4.87. The molecule has 0 aliphatic heterocycles. The Morgan fingerprint density at radius 3 is 1.71 bits per heavy atom. The van der Waals surface area contributed by atoms with Crippen molar-refractivity contribution in [2.45, 2.75) is 86.5 Å². The molecule has 0 fully saturated rings. The second-order valence-electron chi connectivity index (χ2n) is 16.3. The fourth-order valence-electron chi connectivity index (χ4n) is 8.41. The van der Waals surface area contributed by atoms with Crippen LogP contribution < -0.4 is 20.9 Å². The molecule has 307 valence electrons. The number of hydrogen-bond acceptors (Lipinski definition) is 4. The molecule has 6 heteroatoms. The molecule has 1 N–H and O–H groups in total. The second kappa shape index (κ2) is 19.9. The monoisotopic (exact) mass is 977 g/mol. The molecule has 0 aliphatic rings. The normalized spacial score (nSPS) is 12.1. The van der Waals surface area contributed by atoms with Crippen molar-refractivity contribution < 1.29 is 34.4 Å². The van der Waals surface area contributed by atoms with E-state index >= 15 is 0 Å². The zero-order valence-corrected chi connectivity index (χ0v) is 39.2. The number of pyridine rings is 1. The maximum Gasteiger partial charge on any atom is 0.223 e. The van der Waals surface area contributed by atoms with Gasteiger partial charge in [0.25, 0.3) is 0 Å². The van der Waals surface area contributed by atoms with Crippen molar-refractivity contribution in [1.82, 2.24) is 4.98 Å². The molecule has 1 radical (unpaired) electrons. The third-order valence-corrected chi connectivity index (χ3v) is 16.5. The number of furan rings is 1. The van der Waals surface area contributed by atoms with Crippen LogP contribution in [-0.2, 0) is 30.3 Å². The van der Waals surface area contributed by atoms with E-state index in [9.17, 15) is 9.90 Å². The molecule has 7 aromatic rings. The number of allylic oxidation sites excluding steroid dienone is 2. The number of carbonyl (C=O) groups excluding carboxylic acids is 1. The SMILES string of the molecule is CCC(CC)C(=O)/C=C(\O)C(CC)CC.Cc1c([Si](c2ccccc2)(c2ccccc2)c2ccccc2)oc2c(-c3[c-]c4ccccc4c(C(C)(C)C)c3)nccc12.[Ir]. The van der Waals surface area contributed by atoms with Crippen LogP contribution in [0.2, 0.25) is 0 Å². The van der Waals surface area contributed by atoms with Crippen molar-refractivity contribution in [1.29, 1.82) is 0 Å². The van der Waals surface area contributed by atoms with E-state index in [1.165, 1.54) is 38.1 Å². The first kappa shape index (κ1) is 45.2. The van der Waals surface area contributed by atoms with E-state index < -0.39 is 8.07 Å². The molecule has 0 saturated heterocycles. The third-order valence-electron chi connectivity index (χ3n) is 11.7. The molecule has 59 heavy (non-hydrogen) atoms. The first-order valence-electron chi connectivity index (χ1n) is 20.9. The van der Waals surface area contributed by atoms with Crippen LogP contribution in [0.4, 0.5) is 0 Å². The summed E-state index contributed by atoms with van der Waals surface area (Å²) in [5.41, 5.74) is 5.01. The van der Waals surface area contributed by atoms with E-state index in [0.29, 0.717) is 0 Å². The number of aliphatic hydroxyl groups is 1. The van der Waals surface area contributed by atoms with Gasteiger partial charge in [-0.15, -0.1) is 29.1 Å². The molecule has 0 unspecified atom stereocenters. The number of aliphatic hydroxyl groups excluding tert-OH is 1. The fraction of sp³-hybridized carbons (Fsp3) is 0.283. The molecule has 0 aliphatic carbocycles. The Morgan fingerprint density at radius 1 is 0.729 bits per heavy atom. The number of carbonyl (C=O) groups is 1. The molecule has 0 bridgehead atoms. The molecule has 5 aromatic carbocycles. The number of rotatable bonds is 12. The van der Waals surface area contributed by atoms with E-state index in [4.69, 9.17) is 9.40 Å². The minimum atomic E-state index is -2.84. The van der Waals surface area contributed by atoms with Crippen LogP contribution in [0.1, 0.15) is 85.3 Å². The summed E-state index contributed by atoms with van der Waals surface area (Å²) in [5.74, 6) is 0.547. The molecule has 2 heterocycles. The predicted molar refractivity (Wildman–Crippen MR) is 247 cm³/mol. The summed E-state index contributed by atoms with van der Waals surface area (Å²) in [4.78, 5) is 16.7. The van der Waals surface area contributed by atoms with E-state index in [1.54, 1.807) is 0 Å². The van der Waals surface area contributed by atoms with Crippen molar-refractivity contribution in [2.75, 3.05) is 0 Å². The smallest absolute Gasteiger partial charge is 0.223 e. The minimum Gasteiger partial charge on any atom is -0.512 e. The van der Waals surface area contributed by atoms with E-state index in [1.807, 2.05) is 33.9 Å². The summed E-state index contributed by atoms with van der Waals surface area (Å²) in [6, 6.07) is 49.3. The number of benzene rings is 5. The molecular formula is C53H58IrNO3Si-.